The largest absolute Gasteiger partial charge is 0.459 e. The molecule has 0 bridgehead atoms. The van der Waals surface area contributed by atoms with Crippen molar-refractivity contribution in [2.24, 2.45) is 0 Å². The summed E-state index contributed by atoms with van der Waals surface area (Å²) in [5.41, 5.74) is -6.79. The average molecular weight is 1410 g/mol. The summed E-state index contributed by atoms with van der Waals surface area (Å²) >= 11 is 0. The van der Waals surface area contributed by atoms with E-state index in [0.29, 0.717) is 0 Å². The van der Waals surface area contributed by atoms with Gasteiger partial charge in [-0.15, -0.1) is 0 Å². The van der Waals surface area contributed by atoms with Crippen LogP contribution in [0.25, 0.3) is 0 Å². The van der Waals surface area contributed by atoms with Crippen LogP contribution in [0, 0.1) is 70.8 Å². The molecule has 526 valence electrons. The highest BCUT2D eigenvalue weighted by Gasteiger charge is 2.61. The van der Waals surface area contributed by atoms with Crippen LogP contribution in [0.4, 0.5) is 39.8 Å². The van der Waals surface area contributed by atoms with Crippen molar-refractivity contribution in [2.45, 2.75) is 67.8 Å². The number of nitro groups is 7. The third kappa shape index (κ3) is 17.1. The predicted octanol–water partition coefficient (Wildman–Crippen LogP) is 8.06. The molecule has 39 nitrogen and oxygen atoms in total. The zero-order valence-corrected chi connectivity index (χ0v) is 52.0. The van der Waals surface area contributed by atoms with Gasteiger partial charge in [0.2, 0.25) is 5.79 Å². The number of benzene rings is 7. The fraction of sp³-hybridized carbons (Fsp3) is 0.222. The second kappa shape index (κ2) is 31.3. The molecule has 2 aliphatic heterocycles. The molecular formula is C63H47N7O32. The average Bonchev–Trinajstić information content (AvgIpc) is 0.755. The summed E-state index contributed by atoms with van der Waals surface area (Å²) in [5.74, 6) is -12.8. The molecule has 2 heterocycles. The highest BCUT2D eigenvalue weighted by molar-refractivity contribution is 5.94. The van der Waals surface area contributed by atoms with E-state index < -0.39 is 224 Å². The van der Waals surface area contributed by atoms with E-state index in [4.69, 9.17) is 52.1 Å². The Hall–Kier alpha value is -13.5. The van der Waals surface area contributed by atoms with Crippen LogP contribution in [0.1, 0.15) is 79.4 Å². The Morgan fingerprint density at radius 2 is 0.578 bits per heavy atom. The molecule has 7 aromatic carbocycles. The first kappa shape index (κ1) is 72.7. The predicted molar refractivity (Wildman–Crippen MR) is 332 cm³/mol. The maximum absolute atomic E-state index is 14.7. The molecule has 0 amide bonds. The van der Waals surface area contributed by atoms with Crippen molar-refractivity contribution in [2.75, 3.05) is 20.3 Å². The SMILES string of the molecule is CO[C@H]1O[C@H](CO[C@@]2(C)O[C@H](COC(=O)c3ccc([N+](=O)[O-])cc3)[C@@H](OC(=O)c3ccc([N+](=O)[O-])cc3)[C@H](OC(=O)c3ccc([N+](=O)[O-])cc3)[C@H]2OC(=O)c2ccc([N+](=O)[O-])cc2)[C@@H](OC(=O)c2ccc([N+](=O)[O-])cc2)[C@H](OC(=O)c2ccc([N+](=O)[O-])cc2)[C@H]1OC(=O)c1ccc([N+](=O)[O-])cc1. The first-order chi connectivity index (χ1) is 48.5. The number of nitrogens with zero attached hydrogens (tertiary/aromatic N) is 7. The molecule has 39 heteroatoms. The van der Waals surface area contributed by atoms with Crippen LogP contribution >= 0.6 is 0 Å². The van der Waals surface area contributed by atoms with Crippen LogP contribution in [-0.2, 0) is 52.1 Å². The van der Waals surface area contributed by atoms with E-state index in [-0.39, 0.29) is 5.56 Å². The Kier molecular flexibility index (Phi) is 22.3. The summed E-state index contributed by atoms with van der Waals surface area (Å²) in [6.07, 6.45) is -20.2. The van der Waals surface area contributed by atoms with E-state index in [9.17, 15) is 104 Å². The number of hydrogen-bond donors (Lipinski definition) is 0. The van der Waals surface area contributed by atoms with E-state index in [1.54, 1.807) is 0 Å². The number of carbonyl (C=O) groups excluding carboxylic acids is 7. The molecular weight excluding hydrogens is 1370 g/mol. The fourth-order valence-corrected chi connectivity index (χ4v) is 10.1. The number of esters is 7. The van der Waals surface area contributed by atoms with Crippen LogP contribution in [0.2, 0.25) is 0 Å². The minimum atomic E-state index is -2.93. The van der Waals surface area contributed by atoms with E-state index in [1.807, 2.05) is 0 Å². The minimum Gasteiger partial charge on any atom is -0.459 e. The van der Waals surface area contributed by atoms with Gasteiger partial charge in [-0.05, 0) is 91.9 Å². The number of rotatable bonds is 26. The van der Waals surface area contributed by atoms with Crippen molar-refractivity contribution in [3.05, 3.63) is 280 Å². The van der Waals surface area contributed by atoms with Gasteiger partial charge in [0.15, 0.2) is 42.9 Å². The van der Waals surface area contributed by atoms with Gasteiger partial charge in [0.25, 0.3) is 39.8 Å². The van der Waals surface area contributed by atoms with Gasteiger partial charge in [0, 0.05) is 92.0 Å². The fourth-order valence-electron chi connectivity index (χ4n) is 10.1. The number of carbonyl (C=O) groups is 7. The van der Waals surface area contributed by atoms with E-state index in [0.717, 1.165) is 184 Å². The molecule has 9 rings (SSSR count). The Balaban J connectivity index is 1.21. The monoisotopic (exact) mass is 1410 g/mol. The maximum atomic E-state index is 14.7. The van der Waals surface area contributed by atoms with Gasteiger partial charge in [0.1, 0.15) is 18.8 Å². The maximum Gasteiger partial charge on any atom is 0.338 e. The van der Waals surface area contributed by atoms with E-state index in [1.165, 1.54) is 0 Å². The molecule has 7 aromatic rings. The van der Waals surface area contributed by atoms with Gasteiger partial charge in [-0.1, -0.05) is 0 Å². The quantitative estimate of drug-likeness (QED) is 0.0214. The summed E-state index contributed by atoms with van der Waals surface area (Å²) in [4.78, 5) is 177. The van der Waals surface area contributed by atoms with Crippen LogP contribution < -0.4 is 0 Å². The van der Waals surface area contributed by atoms with E-state index >= 15 is 0 Å². The van der Waals surface area contributed by atoms with Crippen molar-refractivity contribution < 1.29 is 120 Å². The first-order valence-electron chi connectivity index (χ1n) is 29.2. The van der Waals surface area contributed by atoms with Gasteiger partial charge >= 0.3 is 41.8 Å². The number of non-ortho nitro benzene ring substituents is 7. The molecule has 2 fully saturated rings. The third-order valence-electron chi connectivity index (χ3n) is 15.3. The summed E-state index contributed by atoms with van der Waals surface area (Å²) < 4.78 is 66.8. The van der Waals surface area contributed by atoms with Crippen LogP contribution in [0.15, 0.2) is 170 Å². The number of methoxy groups -OCH3 is 1. The summed E-state index contributed by atoms with van der Waals surface area (Å²) in [6.45, 7) is -1.46. The molecule has 0 N–H and O–H groups in total. The highest BCUT2D eigenvalue weighted by Crippen LogP contribution is 2.41. The van der Waals surface area contributed by atoms with Crippen molar-refractivity contribution in [3.8, 4) is 0 Å². The van der Waals surface area contributed by atoms with Crippen LogP contribution in [0.5, 0.6) is 0 Å². The van der Waals surface area contributed by atoms with Crippen LogP contribution in [-0.4, -0.2) is 157 Å². The Morgan fingerprint density at radius 1 is 0.333 bits per heavy atom. The van der Waals surface area contributed by atoms with Crippen LogP contribution in [0.3, 0.4) is 0 Å². The van der Waals surface area contributed by atoms with Gasteiger partial charge in [-0.25, -0.2) is 33.6 Å². The lowest BCUT2D eigenvalue weighted by molar-refractivity contribution is -0.385. The lowest BCUT2D eigenvalue weighted by Gasteiger charge is -2.50. The van der Waals surface area contributed by atoms with Gasteiger partial charge in [-0.3, -0.25) is 70.8 Å². The van der Waals surface area contributed by atoms with Gasteiger partial charge in [-0.2, -0.15) is 0 Å². The highest BCUT2D eigenvalue weighted by atomic mass is 16.8. The molecule has 0 saturated carbocycles. The molecule has 2 aliphatic rings. The molecule has 0 aromatic heterocycles. The molecule has 102 heavy (non-hydrogen) atoms. The zero-order chi connectivity index (χ0) is 73.9. The lowest BCUT2D eigenvalue weighted by atomic mass is 9.91. The van der Waals surface area contributed by atoms with E-state index in [2.05, 4.69) is 0 Å². The number of hydrogen-bond acceptors (Lipinski definition) is 32. The second-order valence-corrected chi connectivity index (χ2v) is 21.7. The first-order valence-corrected chi connectivity index (χ1v) is 29.2. The van der Waals surface area contributed by atoms with Gasteiger partial charge < -0.3 is 52.1 Å². The Morgan fingerprint density at radius 3 is 0.863 bits per heavy atom. The van der Waals surface area contributed by atoms with Crippen molar-refractivity contribution in [1.82, 2.24) is 0 Å². The summed E-state index contributed by atoms with van der Waals surface area (Å²) in [6, 6.07) is 25.5. The smallest absolute Gasteiger partial charge is 0.338 e. The Labute approximate surface area is 567 Å². The lowest BCUT2D eigenvalue weighted by Crippen LogP contribution is -2.69. The molecule has 0 aliphatic carbocycles. The molecule has 0 radical (unpaired) electrons. The van der Waals surface area contributed by atoms with Crippen molar-refractivity contribution in [3.63, 3.8) is 0 Å². The summed E-state index contributed by atoms with van der Waals surface area (Å²) in [7, 11) is 0.956. The standard InChI is InChI=1S/C63H47N7O32/c1-63(94-32-47-49(96-56(72)34-5-19-41(20-6-34)65(80)81)51(98-58(74)36-9-23-43(24-10-36)67(84)85)53(62(92-2)95-47)100-60(76)38-13-27-45(28-14-38)69(88)89)54(101-61(77)39-15-29-46(30-16-39)70(90)91)52(99-59(75)37-11-25-44(26-12-37)68(86)87)50(97-57(73)35-7-21-42(22-8-35)66(82)83)48(102-63)31-93-55(71)33-3-17-40(18-4-33)64(78)79/h3-30,47-54,62H,31-32H2,1-2H3/t47-,48-,49-,50-,51+,52+,53-,54-,62+,63+/m1/s1. The van der Waals surface area contributed by atoms with Crippen molar-refractivity contribution >= 4 is 81.6 Å². The number of ether oxygens (including phenoxy) is 11. The zero-order valence-electron chi connectivity index (χ0n) is 52.0. The molecule has 0 spiro atoms. The molecule has 2 saturated heterocycles. The van der Waals surface area contributed by atoms with Crippen molar-refractivity contribution in [1.29, 1.82) is 0 Å². The summed E-state index contributed by atoms with van der Waals surface area (Å²) in [5, 5.41) is 81.7. The minimum absolute atomic E-state index is 0.358. The number of nitro benzene ring substituents is 7. The van der Waals surface area contributed by atoms with Gasteiger partial charge in [0.05, 0.1) is 80.0 Å². The third-order valence-corrected chi connectivity index (χ3v) is 15.3. The molecule has 0 unspecified atom stereocenters. The molecule has 10 atom stereocenters. The topological polar surface area (TPSA) is 523 Å². The second-order valence-electron chi connectivity index (χ2n) is 21.7. The Bertz CT molecular complexity index is 4430. The normalized spacial score (nSPS) is 20.5.